The molecule has 0 aliphatic rings. The topological polar surface area (TPSA) is 105 Å². The number of sulfonamides is 1. The van der Waals surface area contributed by atoms with Gasteiger partial charge in [0.25, 0.3) is 0 Å². The standard InChI is InChI=1S/C26H36ClN3O6S/c1-7-22(26(32)28-15-18(2)3)29(16-19-8-11-21(35-4)12-9-19)25(31)17-30(37(6,33)34)23-14-20(27)10-13-24(23)36-5/h8-14,18,22H,7,15-17H2,1-6H3,(H,28,32). The summed E-state index contributed by atoms with van der Waals surface area (Å²) >= 11 is 6.14. The molecule has 0 aliphatic heterocycles. The number of anilines is 1. The molecule has 1 unspecified atom stereocenters. The first-order valence-electron chi connectivity index (χ1n) is 11.9. The summed E-state index contributed by atoms with van der Waals surface area (Å²) in [7, 11) is -0.965. The highest BCUT2D eigenvalue weighted by Crippen LogP contribution is 2.33. The molecule has 0 aromatic heterocycles. The highest BCUT2D eigenvalue weighted by atomic mass is 35.5. The van der Waals surface area contributed by atoms with Crippen molar-refractivity contribution in [1.82, 2.24) is 10.2 Å². The van der Waals surface area contributed by atoms with Crippen LogP contribution in [0.5, 0.6) is 11.5 Å². The molecule has 0 fully saturated rings. The van der Waals surface area contributed by atoms with Crippen molar-refractivity contribution in [3.05, 3.63) is 53.1 Å². The van der Waals surface area contributed by atoms with Gasteiger partial charge in [-0.25, -0.2) is 8.42 Å². The van der Waals surface area contributed by atoms with Crippen LogP contribution in [0.3, 0.4) is 0 Å². The minimum atomic E-state index is -3.92. The molecule has 204 valence electrons. The molecule has 1 atom stereocenters. The van der Waals surface area contributed by atoms with Gasteiger partial charge in [-0.05, 0) is 48.2 Å². The zero-order chi connectivity index (χ0) is 27.8. The zero-order valence-corrected chi connectivity index (χ0v) is 23.7. The summed E-state index contributed by atoms with van der Waals surface area (Å²) in [5, 5.41) is 3.18. The van der Waals surface area contributed by atoms with E-state index in [9.17, 15) is 18.0 Å². The lowest BCUT2D eigenvalue weighted by Crippen LogP contribution is -2.52. The number of carbonyl (C=O) groups is 2. The molecule has 0 radical (unpaired) electrons. The lowest BCUT2D eigenvalue weighted by Gasteiger charge is -2.33. The molecule has 2 aromatic rings. The van der Waals surface area contributed by atoms with Crippen LogP contribution in [0.4, 0.5) is 5.69 Å². The first kappa shape index (κ1) is 30.2. The summed E-state index contributed by atoms with van der Waals surface area (Å²) in [5.74, 6) is 0.271. The normalized spacial score (nSPS) is 12.1. The fraction of sp³-hybridized carbons (Fsp3) is 0.462. The van der Waals surface area contributed by atoms with Crippen molar-refractivity contribution >= 4 is 39.1 Å². The van der Waals surface area contributed by atoms with Crippen LogP contribution in [0.25, 0.3) is 0 Å². The Labute approximate surface area is 224 Å². The Bertz CT molecular complexity index is 1170. The summed E-state index contributed by atoms with van der Waals surface area (Å²) in [4.78, 5) is 28.3. The molecule has 37 heavy (non-hydrogen) atoms. The lowest BCUT2D eigenvalue weighted by molar-refractivity contribution is -0.140. The van der Waals surface area contributed by atoms with Gasteiger partial charge < -0.3 is 19.7 Å². The molecule has 0 aliphatic carbocycles. The number of ether oxygens (including phenoxy) is 2. The molecule has 0 saturated heterocycles. The molecular weight excluding hydrogens is 518 g/mol. The van der Waals surface area contributed by atoms with E-state index in [2.05, 4.69) is 5.32 Å². The second-order valence-electron chi connectivity index (χ2n) is 9.02. The number of nitrogens with one attached hydrogen (secondary N) is 1. The Morgan fingerprint density at radius 3 is 2.22 bits per heavy atom. The van der Waals surface area contributed by atoms with E-state index in [0.717, 1.165) is 16.1 Å². The number of nitrogens with zero attached hydrogens (tertiary/aromatic N) is 2. The van der Waals surface area contributed by atoms with Gasteiger partial charge in [0.15, 0.2) is 0 Å². The van der Waals surface area contributed by atoms with E-state index in [-0.39, 0.29) is 34.8 Å². The van der Waals surface area contributed by atoms with Crippen LogP contribution in [0.1, 0.15) is 32.8 Å². The Morgan fingerprint density at radius 2 is 1.70 bits per heavy atom. The molecule has 0 heterocycles. The van der Waals surface area contributed by atoms with Crippen LogP contribution in [0.15, 0.2) is 42.5 Å². The summed E-state index contributed by atoms with van der Waals surface area (Å²) in [5.41, 5.74) is 0.892. The van der Waals surface area contributed by atoms with Gasteiger partial charge in [-0.1, -0.05) is 44.5 Å². The number of methoxy groups -OCH3 is 2. The van der Waals surface area contributed by atoms with Crippen molar-refractivity contribution in [2.75, 3.05) is 37.9 Å². The predicted molar refractivity (Wildman–Crippen MR) is 146 cm³/mol. The Balaban J connectivity index is 2.48. The quantitative estimate of drug-likeness (QED) is 0.405. The minimum Gasteiger partial charge on any atom is -0.497 e. The molecule has 0 bridgehead atoms. The third-order valence-corrected chi connectivity index (χ3v) is 7.03. The number of halogens is 1. The second kappa shape index (κ2) is 13.5. The highest BCUT2D eigenvalue weighted by Gasteiger charge is 2.32. The van der Waals surface area contributed by atoms with Crippen molar-refractivity contribution in [3.63, 3.8) is 0 Å². The first-order chi connectivity index (χ1) is 17.4. The lowest BCUT2D eigenvalue weighted by atomic mass is 10.1. The number of rotatable bonds is 13. The summed E-state index contributed by atoms with van der Waals surface area (Å²) < 4.78 is 37.1. The van der Waals surface area contributed by atoms with E-state index in [4.69, 9.17) is 21.1 Å². The first-order valence-corrected chi connectivity index (χ1v) is 14.1. The fourth-order valence-corrected chi connectivity index (χ4v) is 4.73. The van der Waals surface area contributed by atoms with Crippen molar-refractivity contribution in [2.45, 2.75) is 39.8 Å². The minimum absolute atomic E-state index is 0.0979. The molecule has 2 aromatic carbocycles. The summed E-state index contributed by atoms with van der Waals surface area (Å²) in [6.07, 6.45) is 1.34. The van der Waals surface area contributed by atoms with Gasteiger partial charge in [-0.15, -0.1) is 0 Å². The molecule has 0 saturated carbocycles. The molecule has 0 spiro atoms. The molecule has 9 nitrogen and oxygen atoms in total. The number of hydrogen-bond acceptors (Lipinski definition) is 6. The number of carbonyl (C=O) groups excluding carboxylic acids is 2. The van der Waals surface area contributed by atoms with Crippen LogP contribution in [0.2, 0.25) is 5.02 Å². The van der Waals surface area contributed by atoms with E-state index in [1.807, 2.05) is 20.8 Å². The maximum Gasteiger partial charge on any atom is 0.244 e. The third kappa shape index (κ3) is 8.53. The van der Waals surface area contributed by atoms with Crippen LogP contribution in [0, 0.1) is 5.92 Å². The van der Waals surface area contributed by atoms with Gasteiger partial charge in [0.2, 0.25) is 21.8 Å². The van der Waals surface area contributed by atoms with Crippen LogP contribution >= 0.6 is 11.6 Å². The van der Waals surface area contributed by atoms with Gasteiger partial charge in [-0.2, -0.15) is 0 Å². The van der Waals surface area contributed by atoms with Crippen molar-refractivity contribution in [2.24, 2.45) is 5.92 Å². The van der Waals surface area contributed by atoms with Gasteiger partial charge in [0.05, 0.1) is 26.2 Å². The monoisotopic (exact) mass is 553 g/mol. The Kier molecular flexibility index (Phi) is 11.1. The predicted octanol–water partition coefficient (Wildman–Crippen LogP) is 3.70. The molecule has 2 rings (SSSR count). The molecule has 11 heteroatoms. The molecular formula is C26H36ClN3O6S. The number of benzene rings is 2. The van der Waals surface area contributed by atoms with Crippen LogP contribution in [-0.2, 0) is 26.2 Å². The Hall–Kier alpha value is -2.98. The van der Waals surface area contributed by atoms with Gasteiger partial charge in [0, 0.05) is 18.1 Å². The summed E-state index contributed by atoms with van der Waals surface area (Å²) in [6.45, 7) is 5.77. The van der Waals surface area contributed by atoms with Gasteiger partial charge >= 0.3 is 0 Å². The maximum absolute atomic E-state index is 13.8. The van der Waals surface area contributed by atoms with Crippen LogP contribution in [-0.4, -0.2) is 64.7 Å². The molecule has 2 amide bonds. The van der Waals surface area contributed by atoms with Gasteiger partial charge in [-0.3, -0.25) is 13.9 Å². The molecule has 1 N–H and O–H groups in total. The summed E-state index contributed by atoms with van der Waals surface area (Å²) in [6, 6.07) is 10.8. The maximum atomic E-state index is 13.8. The third-order valence-electron chi connectivity index (χ3n) is 5.67. The van der Waals surface area contributed by atoms with E-state index in [0.29, 0.717) is 18.7 Å². The average Bonchev–Trinajstić information content (AvgIpc) is 2.85. The highest BCUT2D eigenvalue weighted by molar-refractivity contribution is 7.92. The zero-order valence-electron chi connectivity index (χ0n) is 22.2. The van der Waals surface area contributed by atoms with E-state index >= 15 is 0 Å². The smallest absolute Gasteiger partial charge is 0.244 e. The average molecular weight is 554 g/mol. The van der Waals surface area contributed by atoms with Gasteiger partial charge in [0.1, 0.15) is 24.1 Å². The van der Waals surface area contributed by atoms with E-state index < -0.39 is 28.5 Å². The second-order valence-corrected chi connectivity index (χ2v) is 11.4. The van der Waals surface area contributed by atoms with Crippen LogP contribution < -0.4 is 19.1 Å². The number of amides is 2. The fourth-order valence-electron chi connectivity index (χ4n) is 3.72. The van der Waals surface area contributed by atoms with Crippen molar-refractivity contribution < 1.29 is 27.5 Å². The Morgan fingerprint density at radius 1 is 1.05 bits per heavy atom. The van der Waals surface area contributed by atoms with E-state index in [1.165, 1.54) is 24.1 Å². The van der Waals surface area contributed by atoms with E-state index in [1.54, 1.807) is 37.4 Å². The van der Waals surface area contributed by atoms with Crippen molar-refractivity contribution in [3.8, 4) is 11.5 Å². The largest absolute Gasteiger partial charge is 0.497 e. The SMILES string of the molecule is CCC(C(=O)NCC(C)C)N(Cc1ccc(OC)cc1)C(=O)CN(c1cc(Cl)ccc1OC)S(C)(=O)=O. The number of hydrogen-bond donors (Lipinski definition) is 1. The van der Waals surface area contributed by atoms with Crippen molar-refractivity contribution in [1.29, 1.82) is 0 Å².